The normalized spacial score (nSPS) is 14.3. The molecule has 0 bridgehead atoms. The molecule has 0 aromatic carbocycles. The first kappa shape index (κ1) is 41.8. The van der Waals surface area contributed by atoms with E-state index in [1.54, 1.807) is 36.5 Å². The minimum Gasteiger partial charge on any atom is -0.462 e. The maximum atomic E-state index is 12.1. The molecule has 44 heavy (non-hydrogen) atoms. The van der Waals surface area contributed by atoms with Crippen LogP contribution in [-0.4, -0.2) is 58.8 Å². The van der Waals surface area contributed by atoms with Crippen LogP contribution < -0.4 is 0 Å². The number of aliphatic hydroxyl groups excluding tert-OH is 3. The lowest BCUT2D eigenvalue weighted by Gasteiger charge is -2.16. The molecule has 0 aliphatic rings. The molecule has 254 valence electrons. The van der Waals surface area contributed by atoms with Gasteiger partial charge in [0.15, 0.2) is 6.10 Å². The van der Waals surface area contributed by atoms with E-state index in [9.17, 15) is 24.9 Å². The fourth-order valence-electron chi connectivity index (χ4n) is 4.52. The molecule has 3 atom stereocenters. The van der Waals surface area contributed by atoms with Gasteiger partial charge in [-0.2, -0.15) is 0 Å². The lowest BCUT2D eigenvalue weighted by Crippen LogP contribution is -2.28. The molecule has 0 unspecified atom stereocenters. The van der Waals surface area contributed by atoms with E-state index in [1.807, 2.05) is 6.08 Å². The Morgan fingerprint density at radius 1 is 0.682 bits per heavy atom. The topological polar surface area (TPSA) is 113 Å². The number of ether oxygens (including phenoxy) is 2. The number of unbranched alkanes of at least 4 members (excludes halogenated alkanes) is 10. The molecular weight excluding hydrogens is 556 g/mol. The van der Waals surface area contributed by atoms with Crippen LogP contribution in [0.15, 0.2) is 48.6 Å². The average Bonchev–Trinajstić information content (AvgIpc) is 2.99. The lowest BCUT2D eigenvalue weighted by atomic mass is 10.0. The first-order valence-electron chi connectivity index (χ1n) is 17.3. The maximum absolute atomic E-state index is 12.1. The van der Waals surface area contributed by atoms with E-state index >= 15 is 0 Å². The minimum absolute atomic E-state index is 0.0938. The molecule has 0 aromatic rings. The maximum Gasteiger partial charge on any atom is 0.306 e. The molecular formula is C37H64O7. The quantitative estimate of drug-likeness (QED) is 0.0335. The Hall–Kier alpha value is -2.22. The predicted octanol–water partition coefficient (Wildman–Crippen LogP) is 8.08. The van der Waals surface area contributed by atoms with Crippen LogP contribution in [0.2, 0.25) is 0 Å². The van der Waals surface area contributed by atoms with Gasteiger partial charge in [0, 0.05) is 12.8 Å². The number of esters is 2. The van der Waals surface area contributed by atoms with Crippen LogP contribution >= 0.6 is 0 Å². The molecule has 3 N–H and O–H groups in total. The van der Waals surface area contributed by atoms with Gasteiger partial charge in [-0.15, -0.1) is 0 Å². The van der Waals surface area contributed by atoms with Gasteiger partial charge in [0.1, 0.15) is 6.61 Å². The Morgan fingerprint density at radius 3 is 1.93 bits per heavy atom. The molecule has 0 amide bonds. The molecule has 0 saturated carbocycles. The van der Waals surface area contributed by atoms with E-state index in [0.29, 0.717) is 25.7 Å². The zero-order valence-electron chi connectivity index (χ0n) is 28.0. The smallest absolute Gasteiger partial charge is 0.306 e. The fourth-order valence-corrected chi connectivity index (χ4v) is 4.52. The van der Waals surface area contributed by atoms with Crippen molar-refractivity contribution in [1.82, 2.24) is 0 Å². The van der Waals surface area contributed by atoms with Crippen LogP contribution in [0.3, 0.4) is 0 Å². The third-order valence-electron chi connectivity index (χ3n) is 7.24. The number of carbonyl (C=O) groups is 2. The van der Waals surface area contributed by atoms with E-state index in [2.05, 4.69) is 26.8 Å². The Morgan fingerprint density at radius 2 is 1.30 bits per heavy atom. The van der Waals surface area contributed by atoms with Gasteiger partial charge in [0.2, 0.25) is 0 Å². The van der Waals surface area contributed by atoms with Crippen molar-refractivity contribution in [3.63, 3.8) is 0 Å². The second-order valence-corrected chi connectivity index (χ2v) is 12.1. The summed E-state index contributed by atoms with van der Waals surface area (Å²) in [5.74, 6) is -0.0514. The van der Waals surface area contributed by atoms with Gasteiger partial charge < -0.3 is 24.8 Å². The summed E-state index contributed by atoms with van der Waals surface area (Å²) >= 11 is 0. The van der Waals surface area contributed by atoms with Gasteiger partial charge in [0.25, 0.3) is 0 Å². The SMILES string of the molecule is CCCCC/C=C\C[C@H](O)/C=C/C=C/C=C\[C@H](O)CCCC(=O)O[C@@H](CO)COC(=O)CCCCCCCCCCC(C)C. The molecule has 7 heteroatoms. The van der Waals surface area contributed by atoms with Crippen molar-refractivity contribution in [1.29, 1.82) is 0 Å². The van der Waals surface area contributed by atoms with E-state index in [4.69, 9.17) is 9.47 Å². The number of hydrogen-bond donors (Lipinski definition) is 3. The Bertz CT molecular complexity index is 800. The molecule has 0 saturated heterocycles. The van der Waals surface area contributed by atoms with Crippen molar-refractivity contribution < 1.29 is 34.4 Å². The Balaban J connectivity index is 3.93. The largest absolute Gasteiger partial charge is 0.462 e. The second kappa shape index (κ2) is 30.8. The molecule has 0 aliphatic heterocycles. The van der Waals surface area contributed by atoms with Gasteiger partial charge in [-0.25, -0.2) is 0 Å². The molecule has 0 aromatic heterocycles. The first-order valence-corrected chi connectivity index (χ1v) is 17.3. The summed E-state index contributed by atoms with van der Waals surface area (Å²) in [7, 11) is 0. The van der Waals surface area contributed by atoms with Crippen molar-refractivity contribution in [2.75, 3.05) is 13.2 Å². The molecule has 0 spiro atoms. The van der Waals surface area contributed by atoms with Crippen molar-refractivity contribution in [2.24, 2.45) is 5.92 Å². The van der Waals surface area contributed by atoms with Crippen molar-refractivity contribution in [3.05, 3.63) is 48.6 Å². The van der Waals surface area contributed by atoms with E-state index in [-0.39, 0.29) is 19.0 Å². The highest BCUT2D eigenvalue weighted by atomic mass is 16.6. The first-order chi connectivity index (χ1) is 21.3. The number of carbonyl (C=O) groups excluding carboxylic acids is 2. The van der Waals surface area contributed by atoms with Gasteiger partial charge in [-0.1, -0.05) is 134 Å². The fraction of sp³-hybridized carbons (Fsp3) is 0.730. The highest BCUT2D eigenvalue weighted by molar-refractivity contribution is 5.70. The molecule has 0 heterocycles. The number of hydrogen-bond acceptors (Lipinski definition) is 7. The molecule has 0 aliphatic carbocycles. The number of allylic oxidation sites excluding steroid dienone is 5. The van der Waals surface area contributed by atoms with E-state index in [0.717, 1.165) is 31.6 Å². The van der Waals surface area contributed by atoms with E-state index < -0.39 is 30.9 Å². The highest BCUT2D eigenvalue weighted by Gasteiger charge is 2.16. The van der Waals surface area contributed by atoms with Gasteiger partial charge in [0.05, 0.1) is 18.8 Å². The zero-order valence-corrected chi connectivity index (χ0v) is 28.0. The summed E-state index contributed by atoms with van der Waals surface area (Å²) in [6.45, 7) is 6.13. The summed E-state index contributed by atoms with van der Waals surface area (Å²) in [4.78, 5) is 24.1. The third kappa shape index (κ3) is 29.8. The van der Waals surface area contributed by atoms with Crippen LogP contribution in [0.25, 0.3) is 0 Å². The van der Waals surface area contributed by atoms with Crippen molar-refractivity contribution in [3.8, 4) is 0 Å². The Labute approximate surface area is 268 Å². The standard InChI is InChI=1S/C37H64O7/c1-4-5-6-7-13-18-24-33(39)25-19-15-16-20-26-34(40)27-22-29-37(42)44-35(30-38)31-43-36(41)28-21-14-11-9-8-10-12-17-23-32(2)3/h13,15-16,18-20,25-26,32-35,38-40H,4-12,14,17,21-24,27-31H2,1-3H3/b16-15+,18-13-,25-19+,26-20-/t33-,34-,35-/m0/s1. The number of rotatable bonds is 29. The van der Waals surface area contributed by atoms with Crippen LogP contribution in [0.5, 0.6) is 0 Å². The zero-order chi connectivity index (χ0) is 32.7. The average molecular weight is 621 g/mol. The lowest BCUT2D eigenvalue weighted by molar-refractivity contribution is -0.161. The van der Waals surface area contributed by atoms with Crippen molar-refractivity contribution in [2.45, 2.75) is 155 Å². The van der Waals surface area contributed by atoms with E-state index in [1.165, 1.54) is 57.8 Å². The third-order valence-corrected chi connectivity index (χ3v) is 7.24. The minimum atomic E-state index is -0.884. The predicted molar refractivity (Wildman–Crippen MR) is 180 cm³/mol. The van der Waals surface area contributed by atoms with Gasteiger partial charge >= 0.3 is 11.9 Å². The molecule has 0 radical (unpaired) electrons. The summed E-state index contributed by atoms with van der Waals surface area (Å²) < 4.78 is 10.4. The van der Waals surface area contributed by atoms with Crippen LogP contribution in [-0.2, 0) is 19.1 Å². The van der Waals surface area contributed by atoms with Crippen LogP contribution in [0.4, 0.5) is 0 Å². The second-order valence-electron chi connectivity index (χ2n) is 12.1. The summed E-state index contributed by atoms with van der Waals surface area (Å²) in [5.41, 5.74) is 0. The molecule has 7 nitrogen and oxygen atoms in total. The van der Waals surface area contributed by atoms with Crippen LogP contribution in [0.1, 0.15) is 136 Å². The monoisotopic (exact) mass is 620 g/mol. The van der Waals surface area contributed by atoms with Gasteiger partial charge in [-0.3, -0.25) is 9.59 Å². The summed E-state index contributed by atoms with van der Waals surface area (Å²) in [5, 5.41) is 29.5. The number of aliphatic hydroxyl groups is 3. The summed E-state index contributed by atoms with van der Waals surface area (Å²) in [6.07, 6.45) is 29.5. The van der Waals surface area contributed by atoms with Crippen LogP contribution in [0, 0.1) is 5.92 Å². The van der Waals surface area contributed by atoms with Gasteiger partial charge in [-0.05, 0) is 44.4 Å². The summed E-state index contributed by atoms with van der Waals surface area (Å²) in [6, 6.07) is 0. The molecule has 0 rings (SSSR count). The Kier molecular flexibility index (Phi) is 29.2. The van der Waals surface area contributed by atoms with Crippen molar-refractivity contribution >= 4 is 11.9 Å². The highest BCUT2D eigenvalue weighted by Crippen LogP contribution is 2.13. The molecule has 0 fully saturated rings.